The Bertz CT molecular complexity index is 997. The number of nitrogens with one attached hydrogen (secondary N) is 1. The summed E-state index contributed by atoms with van der Waals surface area (Å²) in [4.78, 5) is 16.4. The van der Waals surface area contributed by atoms with E-state index in [1.807, 2.05) is 18.3 Å². The van der Waals surface area contributed by atoms with Gasteiger partial charge in [0, 0.05) is 23.0 Å². The van der Waals surface area contributed by atoms with Crippen molar-refractivity contribution in [2.75, 3.05) is 21.3 Å². The lowest BCUT2D eigenvalue weighted by molar-refractivity contribution is -0.134. The van der Waals surface area contributed by atoms with Crippen LogP contribution in [-0.4, -0.2) is 49.0 Å². The average molecular weight is 429 g/mol. The second kappa shape index (κ2) is 8.16. The second-order valence-corrected chi connectivity index (χ2v) is 7.12. The van der Waals surface area contributed by atoms with E-state index in [1.54, 1.807) is 61.6 Å². The average Bonchev–Trinajstić information content (AvgIpc) is 3.21. The van der Waals surface area contributed by atoms with Crippen LogP contribution in [-0.2, 0) is 11.3 Å². The molecule has 9 heteroatoms. The Morgan fingerprint density at radius 2 is 1.70 bits per heavy atom. The van der Waals surface area contributed by atoms with Crippen LogP contribution in [0.1, 0.15) is 11.1 Å². The van der Waals surface area contributed by atoms with Gasteiger partial charge in [-0.25, -0.2) is 0 Å². The lowest BCUT2D eigenvalue weighted by atomic mass is 10.1. The van der Waals surface area contributed by atoms with Gasteiger partial charge in [0.25, 0.3) is 5.91 Å². The third-order valence-electron chi connectivity index (χ3n) is 4.93. The third kappa shape index (κ3) is 3.50. The normalized spacial score (nSPS) is 17.4. The minimum absolute atomic E-state index is 0.112. The fourth-order valence-electron chi connectivity index (χ4n) is 3.42. The fourth-order valence-corrected chi connectivity index (χ4v) is 3.55. The summed E-state index contributed by atoms with van der Waals surface area (Å²) in [6.07, 6.45) is 2.94. The Morgan fingerprint density at radius 3 is 2.30 bits per heavy atom. The molecule has 2 aliphatic rings. The van der Waals surface area contributed by atoms with Gasteiger partial charge in [-0.05, 0) is 29.8 Å². The molecule has 2 heterocycles. The molecule has 156 valence electrons. The molecule has 0 saturated heterocycles. The molecule has 0 saturated carbocycles. The van der Waals surface area contributed by atoms with Gasteiger partial charge in [-0.3, -0.25) is 15.1 Å². The first-order valence-corrected chi connectivity index (χ1v) is 9.58. The van der Waals surface area contributed by atoms with Gasteiger partial charge >= 0.3 is 0 Å². The molecule has 0 fully saturated rings. The first-order chi connectivity index (χ1) is 14.5. The highest BCUT2D eigenvalue weighted by molar-refractivity contribution is 6.30. The fraction of sp³-hybridized carbons (Fsp3) is 0.238. The van der Waals surface area contributed by atoms with Crippen LogP contribution in [0.15, 0.2) is 53.9 Å². The summed E-state index contributed by atoms with van der Waals surface area (Å²) in [5.74, 6) is 1.98. The number of amides is 1. The molecule has 30 heavy (non-hydrogen) atoms. The molecular formula is C21H21ClN4O4. The van der Waals surface area contributed by atoms with Crippen LogP contribution in [0.4, 0.5) is 0 Å². The molecule has 1 N–H and O–H groups in total. The number of methoxy groups -OCH3 is 3. The maximum Gasteiger partial charge on any atom is 0.272 e. The number of nitrogens with zero attached hydrogens (tertiary/aromatic N) is 3. The predicted molar refractivity (Wildman–Crippen MR) is 113 cm³/mol. The Labute approximate surface area is 179 Å². The number of hydrogen-bond acceptors (Lipinski definition) is 7. The monoisotopic (exact) mass is 428 g/mol. The van der Waals surface area contributed by atoms with E-state index < -0.39 is 6.17 Å². The topological polar surface area (TPSA) is 75.6 Å². The molecule has 0 bridgehead atoms. The largest absolute Gasteiger partial charge is 0.493 e. The number of benzene rings is 2. The van der Waals surface area contributed by atoms with Crippen molar-refractivity contribution in [3.05, 3.63) is 64.9 Å². The van der Waals surface area contributed by atoms with Crippen LogP contribution in [0.3, 0.4) is 0 Å². The highest BCUT2D eigenvalue weighted by Crippen LogP contribution is 2.39. The van der Waals surface area contributed by atoms with Crippen molar-refractivity contribution in [3.8, 4) is 17.2 Å². The minimum Gasteiger partial charge on any atom is -0.493 e. The lowest BCUT2D eigenvalue weighted by Gasteiger charge is -2.32. The Morgan fingerprint density at radius 1 is 1.03 bits per heavy atom. The van der Waals surface area contributed by atoms with Gasteiger partial charge in [0.05, 0.1) is 27.9 Å². The zero-order valence-electron chi connectivity index (χ0n) is 16.8. The van der Waals surface area contributed by atoms with Gasteiger partial charge in [-0.1, -0.05) is 23.7 Å². The van der Waals surface area contributed by atoms with E-state index in [-0.39, 0.29) is 5.91 Å². The number of amidine groups is 1. The number of halogens is 1. The SMILES string of the molecule is COc1cc(C2=NNC3C(=O)N(Cc4ccc(Cl)cc4)C=CN23)cc(OC)c1OC. The zero-order chi connectivity index (χ0) is 21.3. The number of ether oxygens (including phenoxy) is 3. The van der Waals surface area contributed by atoms with E-state index in [4.69, 9.17) is 25.8 Å². The summed E-state index contributed by atoms with van der Waals surface area (Å²) < 4.78 is 16.2. The smallest absolute Gasteiger partial charge is 0.272 e. The maximum absolute atomic E-state index is 13.0. The van der Waals surface area contributed by atoms with Gasteiger partial charge in [-0.2, -0.15) is 5.10 Å². The predicted octanol–water partition coefficient (Wildman–Crippen LogP) is 2.77. The Kier molecular flexibility index (Phi) is 5.41. The first-order valence-electron chi connectivity index (χ1n) is 9.21. The lowest BCUT2D eigenvalue weighted by Crippen LogP contribution is -2.52. The summed E-state index contributed by atoms with van der Waals surface area (Å²) in [5, 5.41) is 5.04. The van der Waals surface area contributed by atoms with E-state index in [2.05, 4.69) is 10.5 Å². The van der Waals surface area contributed by atoms with Crippen molar-refractivity contribution in [1.82, 2.24) is 15.2 Å². The summed E-state index contributed by atoms with van der Waals surface area (Å²) in [6.45, 7) is 0.442. The van der Waals surface area contributed by atoms with Crippen LogP contribution in [0, 0.1) is 0 Å². The van der Waals surface area contributed by atoms with E-state index in [1.165, 1.54) is 0 Å². The molecule has 0 aromatic heterocycles. The minimum atomic E-state index is -0.628. The molecule has 2 aliphatic heterocycles. The van der Waals surface area contributed by atoms with Crippen molar-refractivity contribution in [1.29, 1.82) is 0 Å². The molecule has 1 amide bonds. The van der Waals surface area contributed by atoms with Crippen LogP contribution in [0.2, 0.25) is 5.02 Å². The van der Waals surface area contributed by atoms with Crippen LogP contribution in [0.25, 0.3) is 0 Å². The molecule has 8 nitrogen and oxygen atoms in total. The number of carbonyl (C=O) groups excluding carboxylic acids is 1. The molecule has 2 aromatic rings. The summed E-state index contributed by atoms with van der Waals surface area (Å²) >= 11 is 5.94. The number of rotatable bonds is 6. The molecule has 0 radical (unpaired) electrons. The third-order valence-corrected chi connectivity index (χ3v) is 5.18. The molecule has 1 atom stereocenters. The van der Waals surface area contributed by atoms with Crippen LogP contribution < -0.4 is 19.6 Å². The maximum atomic E-state index is 13.0. The summed E-state index contributed by atoms with van der Waals surface area (Å²) in [7, 11) is 4.65. The van der Waals surface area contributed by atoms with E-state index in [9.17, 15) is 4.79 Å². The van der Waals surface area contributed by atoms with Crippen molar-refractivity contribution >= 4 is 23.3 Å². The van der Waals surface area contributed by atoms with Crippen LogP contribution in [0.5, 0.6) is 17.2 Å². The Balaban J connectivity index is 1.59. The summed E-state index contributed by atoms with van der Waals surface area (Å²) in [5.41, 5.74) is 4.63. The molecule has 0 spiro atoms. The molecule has 1 unspecified atom stereocenters. The van der Waals surface area contributed by atoms with Crippen molar-refractivity contribution in [3.63, 3.8) is 0 Å². The van der Waals surface area contributed by atoms with Crippen molar-refractivity contribution in [2.45, 2.75) is 12.7 Å². The van der Waals surface area contributed by atoms with E-state index >= 15 is 0 Å². The van der Waals surface area contributed by atoms with Gasteiger partial charge in [0.1, 0.15) is 0 Å². The Hall–Kier alpha value is -3.39. The first kappa shape index (κ1) is 19.9. The summed E-state index contributed by atoms with van der Waals surface area (Å²) in [6, 6.07) is 11.0. The number of carbonyl (C=O) groups is 1. The van der Waals surface area contributed by atoms with E-state index in [0.717, 1.165) is 11.1 Å². The second-order valence-electron chi connectivity index (χ2n) is 6.68. The van der Waals surface area contributed by atoms with Crippen LogP contribution >= 0.6 is 11.6 Å². The molecule has 2 aromatic carbocycles. The number of fused-ring (bicyclic) bond motifs is 1. The number of hydrogen-bond donors (Lipinski definition) is 1. The number of hydrazone groups is 1. The van der Waals surface area contributed by atoms with E-state index in [0.29, 0.717) is 34.7 Å². The van der Waals surface area contributed by atoms with Gasteiger partial charge < -0.3 is 19.1 Å². The standard InChI is InChI=1S/C21H21ClN4O4/c1-28-16-10-14(11-17(29-2)18(16)30-3)19-23-24-20-21(27)25(8-9-26(19)20)12-13-4-6-15(22)7-5-13/h4-11,20,24H,12H2,1-3H3. The highest BCUT2D eigenvalue weighted by atomic mass is 35.5. The molecule has 0 aliphatic carbocycles. The quantitative estimate of drug-likeness (QED) is 0.762. The van der Waals surface area contributed by atoms with Crippen molar-refractivity contribution in [2.24, 2.45) is 5.10 Å². The molecular weight excluding hydrogens is 408 g/mol. The molecule has 4 rings (SSSR count). The van der Waals surface area contributed by atoms with Gasteiger partial charge in [-0.15, -0.1) is 0 Å². The van der Waals surface area contributed by atoms with Gasteiger partial charge in [0.15, 0.2) is 17.3 Å². The van der Waals surface area contributed by atoms with Crippen molar-refractivity contribution < 1.29 is 19.0 Å². The highest BCUT2D eigenvalue weighted by Gasteiger charge is 2.38. The van der Waals surface area contributed by atoms with Gasteiger partial charge in [0.2, 0.25) is 11.9 Å². The zero-order valence-corrected chi connectivity index (χ0v) is 17.5.